The van der Waals surface area contributed by atoms with Crippen LogP contribution in [0.25, 0.3) is 0 Å². The number of rotatable bonds is 8. The van der Waals surface area contributed by atoms with Gasteiger partial charge in [0, 0.05) is 44.5 Å². The molecule has 1 atom stereocenters. The van der Waals surface area contributed by atoms with Gasteiger partial charge < -0.3 is 20.9 Å². The van der Waals surface area contributed by atoms with Gasteiger partial charge in [-0.25, -0.2) is 9.18 Å². The van der Waals surface area contributed by atoms with Crippen molar-refractivity contribution >= 4 is 23.6 Å². The SMILES string of the molecule is CCNC(=NCCCN1C(=O)NC(C)(CC)C1=O)NC1CCN(c2cccc(F)c2)CC1. The fraction of sp³-hybridized carbons (Fsp3) is 0.609. The number of nitrogens with zero attached hydrogens (tertiary/aromatic N) is 3. The maximum absolute atomic E-state index is 13.5. The first-order valence-electron chi connectivity index (χ1n) is 11.6. The van der Waals surface area contributed by atoms with Crippen molar-refractivity contribution in [1.82, 2.24) is 20.9 Å². The Morgan fingerprint density at radius 2 is 2.03 bits per heavy atom. The molecule has 2 aliphatic rings. The smallest absolute Gasteiger partial charge is 0.325 e. The van der Waals surface area contributed by atoms with Gasteiger partial charge in [0.15, 0.2) is 5.96 Å². The number of urea groups is 1. The van der Waals surface area contributed by atoms with E-state index in [1.807, 2.05) is 19.9 Å². The summed E-state index contributed by atoms with van der Waals surface area (Å²) >= 11 is 0. The molecule has 3 amide bonds. The molecule has 0 saturated carbocycles. The molecule has 2 saturated heterocycles. The van der Waals surface area contributed by atoms with E-state index in [9.17, 15) is 14.0 Å². The Balaban J connectivity index is 1.46. The summed E-state index contributed by atoms with van der Waals surface area (Å²) in [4.78, 5) is 32.7. The second-order valence-corrected chi connectivity index (χ2v) is 8.57. The van der Waals surface area contributed by atoms with Crippen molar-refractivity contribution in [3.63, 3.8) is 0 Å². The number of hydrogen-bond acceptors (Lipinski definition) is 4. The highest BCUT2D eigenvalue weighted by Gasteiger charge is 2.45. The van der Waals surface area contributed by atoms with E-state index >= 15 is 0 Å². The number of benzene rings is 1. The second-order valence-electron chi connectivity index (χ2n) is 8.57. The minimum atomic E-state index is -0.794. The van der Waals surface area contributed by atoms with Crippen LogP contribution in [0.15, 0.2) is 29.3 Å². The van der Waals surface area contributed by atoms with E-state index in [4.69, 9.17) is 0 Å². The molecule has 0 aromatic heterocycles. The van der Waals surface area contributed by atoms with Crippen LogP contribution in [-0.4, -0.2) is 67.1 Å². The van der Waals surface area contributed by atoms with Crippen molar-refractivity contribution in [3.05, 3.63) is 30.1 Å². The molecule has 2 fully saturated rings. The number of carbonyl (C=O) groups excluding carboxylic acids is 2. The Morgan fingerprint density at radius 1 is 1.28 bits per heavy atom. The molecule has 2 heterocycles. The molecule has 1 aromatic rings. The molecule has 3 rings (SSSR count). The highest BCUT2D eigenvalue weighted by atomic mass is 19.1. The van der Waals surface area contributed by atoms with E-state index in [0.29, 0.717) is 25.9 Å². The van der Waals surface area contributed by atoms with E-state index in [-0.39, 0.29) is 23.8 Å². The third-order valence-corrected chi connectivity index (χ3v) is 6.22. The first kappa shape index (κ1) is 23.8. The Kier molecular flexibility index (Phi) is 7.93. The summed E-state index contributed by atoms with van der Waals surface area (Å²) in [6.07, 6.45) is 3.03. The van der Waals surface area contributed by atoms with Crippen molar-refractivity contribution in [2.24, 2.45) is 4.99 Å². The second kappa shape index (κ2) is 10.7. The van der Waals surface area contributed by atoms with Gasteiger partial charge in [0.05, 0.1) is 0 Å². The van der Waals surface area contributed by atoms with Gasteiger partial charge in [0.2, 0.25) is 0 Å². The molecule has 0 spiro atoms. The van der Waals surface area contributed by atoms with Gasteiger partial charge in [-0.2, -0.15) is 0 Å². The lowest BCUT2D eigenvalue weighted by atomic mass is 9.99. The number of imide groups is 1. The van der Waals surface area contributed by atoms with Crippen LogP contribution < -0.4 is 20.9 Å². The lowest BCUT2D eigenvalue weighted by Gasteiger charge is -2.34. The number of hydrogen-bond donors (Lipinski definition) is 3. The predicted molar refractivity (Wildman–Crippen MR) is 124 cm³/mol. The van der Waals surface area contributed by atoms with Crippen molar-refractivity contribution in [2.45, 2.75) is 58.0 Å². The zero-order chi connectivity index (χ0) is 23.1. The lowest BCUT2D eigenvalue weighted by molar-refractivity contribution is -0.130. The summed E-state index contributed by atoms with van der Waals surface area (Å²) in [5, 5.41) is 9.53. The van der Waals surface area contributed by atoms with Crippen LogP contribution in [0.5, 0.6) is 0 Å². The van der Waals surface area contributed by atoms with Gasteiger partial charge in [-0.3, -0.25) is 14.7 Å². The third-order valence-electron chi connectivity index (χ3n) is 6.22. The molecule has 32 heavy (non-hydrogen) atoms. The standard InChI is InChI=1S/C23H35FN6O2/c1-4-23(3)20(31)30(22(32)28-23)13-7-12-26-21(25-5-2)27-18-10-14-29(15-11-18)19-9-6-8-17(24)16-19/h6,8-9,16,18H,4-5,7,10-15H2,1-3H3,(H,28,32)(H2,25,26,27). The summed E-state index contributed by atoms with van der Waals surface area (Å²) in [7, 11) is 0. The van der Waals surface area contributed by atoms with Gasteiger partial charge in [0.1, 0.15) is 11.4 Å². The van der Waals surface area contributed by atoms with Crippen LogP contribution in [0.3, 0.4) is 0 Å². The van der Waals surface area contributed by atoms with Crippen molar-refractivity contribution in [1.29, 1.82) is 0 Å². The zero-order valence-electron chi connectivity index (χ0n) is 19.3. The maximum atomic E-state index is 13.5. The molecular weight excluding hydrogens is 411 g/mol. The number of halogens is 1. The first-order valence-corrected chi connectivity index (χ1v) is 11.6. The van der Waals surface area contributed by atoms with Crippen LogP contribution in [0.2, 0.25) is 0 Å². The van der Waals surface area contributed by atoms with E-state index in [0.717, 1.165) is 44.1 Å². The third kappa shape index (κ3) is 5.69. The number of guanidine groups is 1. The van der Waals surface area contributed by atoms with E-state index in [1.54, 1.807) is 19.1 Å². The molecular formula is C23H35FN6O2. The summed E-state index contributed by atoms with van der Waals surface area (Å²) in [6.45, 7) is 8.98. The van der Waals surface area contributed by atoms with Crippen molar-refractivity contribution in [2.75, 3.05) is 37.6 Å². The number of amides is 3. The molecule has 9 heteroatoms. The quantitative estimate of drug-likeness (QED) is 0.247. The largest absolute Gasteiger partial charge is 0.371 e. The predicted octanol–water partition coefficient (Wildman–Crippen LogP) is 2.46. The molecule has 176 valence electrons. The van der Waals surface area contributed by atoms with Crippen molar-refractivity contribution < 1.29 is 14.0 Å². The number of anilines is 1. The average molecular weight is 447 g/mol. The molecule has 0 radical (unpaired) electrons. The van der Waals surface area contributed by atoms with E-state index in [1.165, 1.54) is 11.0 Å². The molecule has 1 unspecified atom stereocenters. The van der Waals surface area contributed by atoms with Crippen LogP contribution in [-0.2, 0) is 4.79 Å². The number of nitrogens with one attached hydrogen (secondary N) is 3. The fourth-order valence-corrected chi connectivity index (χ4v) is 4.08. The fourth-order valence-electron chi connectivity index (χ4n) is 4.08. The highest BCUT2D eigenvalue weighted by molar-refractivity contribution is 6.06. The van der Waals surface area contributed by atoms with Crippen LogP contribution in [0.4, 0.5) is 14.9 Å². The number of aliphatic imine (C=N–C) groups is 1. The van der Waals surface area contributed by atoms with E-state index in [2.05, 4.69) is 25.8 Å². The van der Waals surface area contributed by atoms with Crippen LogP contribution in [0.1, 0.15) is 46.5 Å². The van der Waals surface area contributed by atoms with Crippen LogP contribution >= 0.6 is 0 Å². The van der Waals surface area contributed by atoms with Gasteiger partial charge in [-0.1, -0.05) is 13.0 Å². The normalized spacial score (nSPS) is 22.3. The minimum Gasteiger partial charge on any atom is -0.371 e. The minimum absolute atomic E-state index is 0.163. The van der Waals surface area contributed by atoms with Gasteiger partial charge >= 0.3 is 6.03 Å². The summed E-state index contributed by atoms with van der Waals surface area (Å²) < 4.78 is 13.5. The summed E-state index contributed by atoms with van der Waals surface area (Å²) in [5.41, 5.74) is 0.126. The Bertz CT molecular complexity index is 840. The summed E-state index contributed by atoms with van der Waals surface area (Å²) in [5.74, 6) is 0.369. The first-order chi connectivity index (χ1) is 15.4. The van der Waals surface area contributed by atoms with Gasteiger partial charge in [-0.05, 0) is 57.7 Å². The maximum Gasteiger partial charge on any atom is 0.325 e. The Hall–Kier alpha value is -2.84. The molecule has 1 aromatic carbocycles. The topological polar surface area (TPSA) is 89.1 Å². The Labute approximate surface area is 189 Å². The average Bonchev–Trinajstić information content (AvgIpc) is 3.00. The molecule has 0 aliphatic carbocycles. The highest BCUT2D eigenvalue weighted by Crippen LogP contribution is 2.22. The number of piperidine rings is 1. The van der Waals surface area contributed by atoms with Crippen LogP contribution in [0, 0.1) is 5.82 Å². The molecule has 2 aliphatic heterocycles. The van der Waals surface area contributed by atoms with Gasteiger partial charge in [0.25, 0.3) is 5.91 Å². The monoisotopic (exact) mass is 446 g/mol. The molecule has 3 N–H and O–H groups in total. The van der Waals surface area contributed by atoms with Gasteiger partial charge in [-0.15, -0.1) is 0 Å². The number of carbonyl (C=O) groups is 2. The molecule has 0 bridgehead atoms. The molecule has 8 nitrogen and oxygen atoms in total. The lowest BCUT2D eigenvalue weighted by Crippen LogP contribution is -2.48. The van der Waals surface area contributed by atoms with E-state index < -0.39 is 5.54 Å². The summed E-state index contributed by atoms with van der Waals surface area (Å²) in [6, 6.07) is 6.69. The van der Waals surface area contributed by atoms with Crippen molar-refractivity contribution in [3.8, 4) is 0 Å². The Morgan fingerprint density at radius 3 is 2.66 bits per heavy atom. The zero-order valence-corrected chi connectivity index (χ0v) is 19.3.